The van der Waals surface area contributed by atoms with Crippen LogP contribution in [0.4, 0.5) is 14.5 Å². The number of halogens is 2. The van der Waals surface area contributed by atoms with Crippen LogP contribution >= 0.6 is 0 Å². The SMILES string of the molecule is CCOc1ccccc1NC(=O)C(c1ccccc1)N(C)Cc1ccc(OC(F)F)cc1. The molecule has 0 heterocycles. The predicted octanol–water partition coefficient (Wildman–Crippen LogP) is 5.50. The Morgan fingerprint density at radius 2 is 1.62 bits per heavy atom. The quantitative estimate of drug-likeness (QED) is 0.452. The molecule has 0 fully saturated rings. The van der Waals surface area contributed by atoms with E-state index in [4.69, 9.17) is 4.74 Å². The van der Waals surface area contributed by atoms with Crippen molar-refractivity contribution < 1.29 is 23.0 Å². The van der Waals surface area contributed by atoms with Crippen LogP contribution in [0.2, 0.25) is 0 Å². The second kappa shape index (κ2) is 11.2. The van der Waals surface area contributed by atoms with Gasteiger partial charge in [-0.1, -0.05) is 54.6 Å². The van der Waals surface area contributed by atoms with E-state index in [0.29, 0.717) is 24.6 Å². The van der Waals surface area contributed by atoms with Crippen molar-refractivity contribution >= 4 is 11.6 Å². The molecule has 1 N–H and O–H groups in total. The molecule has 0 saturated carbocycles. The van der Waals surface area contributed by atoms with Crippen molar-refractivity contribution in [1.82, 2.24) is 4.90 Å². The number of anilines is 1. The van der Waals surface area contributed by atoms with E-state index in [1.807, 2.05) is 67.4 Å². The van der Waals surface area contributed by atoms with Crippen molar-refractivity contribution in [2.45, 2.75) is 26.1 Å². The third kappa shape index (κ3) is 6.28. The van der Waals surface area contributed by atoms with Gasteiger partial charge >= 0.3 is 6.61 Å². The molecule has 0 aliphatic rings. The minimum absolute atomic E-state index is 0.0938. The Balaban J connectivity index is 1.81. The van der Waals surface area contributed by atoms with E-state index in [-0.39, 0.29) is 11.7 Å². The molecular weight excluding hydrogens is 414 g/mol. The summed E-state index contributed by atoms with van der Waals surface area (Å²) in [5, 5.41) is 2.98. The number of carbonyl (C=O) groups is 1. The maximum atomic E-state index is 13.4. The van der Waals surface area contributed by atoms with Gasteiger partial charge in [-0.3, -0.25) is 9.69 Å². The molecule has 5 nitrogen and oxygen atoms in total. The number of hydrogen-bond acceptors (Lipinski definition) is 4. The Kier molecular flexibility index (Phi) is 8.16. The molecule has 0 saturated heterocycles. The monoisotopic (exact) mass is 440 g/mol. The third-order valence-electron chi connectivity index (χ3n) is 4.83. The van der Waals surface area contributed by atoms with Gasteiger partial charge in [-0.05, 0) is 49.4 Å². The molecule has 1 atom stereocenters. The zero-order chi connectivity index (χ0) is 22.9. The van der Waals surface area contributed by atoms with Gasteiger partial charge in [-0.25, -0.2) is 0 Å². The van der Waals surface area contributed by atoms with Crippen molar-refractivity contribution in [3.63, 3.8) is 0 Å². The van der Waals surface area contributed by atoms with Crippen LogP contribution < -0.4 is 14.8 Å². The van der Waals surface area contributed by atoms with Gasteiger partial charge in [0, 0.05) is 6.54 Å². The number of nitrogens with zero attached hydrogens (tertiary/aromatic N) is 1. The lowest BCUT2D eigenvalue weighted by Crippen LogP contribution is -2.34. The number of alkyl halides is 2. The van der Waals surface area contributed by atoms with E-state index in [0.717, 1.165) is 11.1 Å². The van der Waals surface area contributed by atoms with Crippen LogP contribution in [0, 0.1) is 0 Å². The number of ether oxygens (including phenoxy) is 2. The summed E-state index contributed by atoms with van der Waals surface area (Å²) in [6, 6.07) is 22.6. The molecule has 0 aliphatic heterocycles. The van der Waals surface area contributed by atoms with Gasteiger partial charge in [-0.2, -0.15) is 8.78 Å². The highest BCUT2D eigenvalue weighted by molar-refractivity contribution is 5.96. The summed E-state index contributed by atoms with van der Waals surface area (Å²) in [4.78, 5) is 15.3. The zero-order valence-electron chi connectivity index (χ0n) is 18.0. The number of amides is 1. The van der Waals surface area contributed by atoms with E-state index in [1.165, 1.54) is 12.1 Å². The molecule has 3 aromatic rings. The van der Waals surface area contributed by atoms with Gasteiger partial charge in [-0.15, -0.1) is 0 Å². The predicted molar refractivity (Wildman–Crippen MR) is 120 cm³/mol. The fraction of sp³-hybridized carbons (Fsp3) is 0.240. The molecule has 0 aromatic heterocycles. The number of nitrogens with one attached hydrogen (secondary N) is 1. The summed E-state index contributed by atoms with van der Waals surface area (Å²) >= 11 is 0. The Morgan fingerprint density at radius 1 is 0.969 bits per heavy atom. The van der Waals surface area contributed by atoms with Crippen molar-refractivity contribution in [1.29, 1.82) is 0 Å². The first kappa shape index (κ1) is 23.2. The Bertz CT molecular complexity index is 998. The zero-order valence-corrected chi connectivity index (χ0v) is 18.0. The van der Waals surface area contributed by atoms with Crippen molar-refractivity contribution in [2.24, 2.45) is 0 Å². The van der Waals surface area contributed by atoms with Gasteiger partial charge in [0.05, 0.1) is 12.3 Å². The summed E-state index contributed by atoms with van der Waals surface area (Å²) in [6.45, 7) is -0.0688. The molecule has 0 spiro atoms. The van der Waals surface area contributed by atoms with E-state index < -0.39 is 12.7 Å². The summed E-state index contributed by atoms with van der Waals surface area (Å²) in [7, 11) is 1.84. The molecule has 0 aliphatic carbocycles. The molecule has 168 valence electrons. The summed E-state index contributed by atoms with van der Waals surface area (Å²) in [5.74, 6) is 0.493. The highest BCUT2D eigenvalue weighted by atomic mass is 19.3. The fourth-order valence-corrected chi connectivity index (χ4v) is 3.45. The Labute approximate surface area is 186 Å². The first-order valence-electron chi connectivity index (χ1n) is 10.3. The van der Waals surface area contributed by atoms with Crippen LogP contribution in [0.5, 0.6) is 11.5 Å². The lowest BCUT2D eigenvalue weighted by molar-refractivity contribution is -0.121. The molecule has 0 bridgehead atoms. The molecule has 3 aromatic carbocycles. The van der Waals surface area contributed by atoms with Crippen LogP contribution in [0.25, 0.3) is 0 Å². The van der Waals surface area contributed by atoms with Crippen LogP contribution in [-0.2, 0) is 11.3 Å². The lowest BCUT2D eigenvalue weighted by Gasteiger charge is -2.28. The van der Waals surface area contributed by atoms with Gasteiger partial charge in [0.1, 0.15) is 17.5 Å². The van der Waals surface area contributed by atoms with Crippen LogP contribution in [-0.4, -0.2) is 31.1 Å². The molecule has 32 heavy (non-hydrogen) atoms. The minimum atomic E-state index is -2.87. The second-order valence-corrected chi connectivity index (χ2v) is 7.17. The molecule has 1 unspecified atom stereocenters. The normalized spacial score (nSPS) is 11.9. The highest BCUT2D eigenvalue weighted by Crippen LogP contribution is 2.28. The Morgan fingerprint density at radius 3 is 2.28 bits per heavy atom. The molecular formula is C25H26F2N2O3. The van der Waals surface area contributed by atoms with Gasteiger partial charge in [0.15, 0.2) is 0 Å². The minimum Gasteiger partial charge on any atom is -0.492 e. The lowest BCUT2D eigenvalue weighted by atomic mass is 10.0. The highest BCUT2D eigenvalue weighted by Gasteiger charge is 2.26. The van der Waals surface area contributed by atoms with Crippen molar-refractivity contribution in [3.05, 3.63) is 90.0 Å². The smallest absolute Gasteiger partial charge is 0.387 e. The Hall–Kier alpha value is -3.45. The molecule has 0 radical (unpaired) electrons. The largest absolute Gasteiger partial charge is 0.492 e. The summed E-state index contributed by atoms with van der Waals surface area (Å²) < 4.78 is 34.8. The standard InChI is InChI=1S/C25H26F2N2O3/c1-3-31-22-12-8-7-11-21(22)28-24(30)23(19-9-5-4-6-10-19)29(2)17-18-13-15-20(16-14-18)32-25(26)27/h4-16,23,25H,3,17H2,1-2H3,(H,28,30). The van der Waals surface area contributed by atoms with E-state index in [9.17, 15) is 13.6 Å². The summed E-state index contributed by atoms with van der Waals surface area (Å²) in [6.07, 6.45) is 0. The maximum Gasteiger partial charge on any atom is 0.387 e. The molecule has 7 heteroatoms. The number of hydrogen-bond donors (Lipinski definition) is 1. The van der Waals surface area contributed by atoms with Crippen LogP contribution in [0.1, 0.15) is 24.1 Å². The van der Waals surface area contributed by atoms with Gasteiger partial charge in [0.2, 0.25) is 5.91 Å². The number of carbonyl (C=O) groups excluding carboxylic acids is 1. The van der Waals surface area contributed by atoms with Crippen LogP contribution in [0.3, 0.4) is 0 Å². The number of rotatable bonds is 10. The first-order chi connectivity index (χ1) is 15.5. The van der Waals surface area contributed by atoms with E-state index in [1.54, 1.807) is 18.2 Å². The third-order valence-corrected chi connectivity index (χ3v) is 4.83. The average Bonchev–Trinajstić information content (AvgIpc) is 2.77. The van der Waals surface area contributed by atoms with Gasteiger partial charge < -0.3 is 14.8 Å². The van der Waals surface area contributed by atoms with E-state index in [2.05, 4.69) is 10.1 Å². The second-order valence-electron chi connectivity index (χ2n) is 7.17. The van der Waals surface area contributed by atoms with E-state index >= 15 is 0 Å². The average molecular weight is 440 g/mol. The molecule has 1 amide bonds. The number of likely N-dealkylation sites (N-methyl/N-ethyl adjacent to an activating group) is 1. The first-order valence-corrected chi connectivity index (χ1v) is 10.3. The number of benzene rings is 3. The number of para-hydroxylation sites is 2. The molecule has 3 rings (SSSR count). The maximum absolute atomic E-state index is 13.4. The van der Waals surface area contributed by atoms with Gasteiger partial charge in [0.25, 0.3) is 0 Å². The topological polar surface area (TPSA) is 50.8 Å². The van der Waals surface area contributed by atoms with Crippen molar-refractivity contribution in [2.75, 3.05) is 19.0 Å². The van der Waals surface area contributed by atoms with Crippen LogP contribution in [0.15, 0.2) is 78.9 Å². The fourth-order valence-electron chi connectivity index (χ4n) is 3.45. The van der Waals surface area contributed by atoms with Crippen molar-refractivity contribution in [3.8, 4) is 11.5 Å². The summed E-state index contributed by atoms with van der Waals surface area (Å²) in [5.41, 5.74) is 2.29.